The van der Waals surface area contributed by atoms with Crippen molar-refractivity contribution in [1.82, 2.24) is 0 Å². The van der Waals surface area contributed by atoms with Crippen LogP contribution in [-0.4, -0.2) is 13.1 Å². The molecule has 0 heterocycles. The largest absolute Gasteiger partial charge is 0.681 e. The summed E-state index contributed by atoms with van der Waals surface area (Å²) in [6.45, 7) is 1.33. The molecule has 0 fully saturated rings. The van der Waals surface area contributed by atoms with Crippen LogP contribution in [0.2, 0.25) is 0 Å². The third-order valence-corrected chi connectivity index (χ3v) is 4.55. The molecule has 0 bridgehead atoms. The van der Waals surface area contributed by atoms with E-state index in [0.29, 0.717) is 13.1 Å². The first-order valence-corrected chi connectivity index (χ1v) is 15.0. The van der Waals surface area contributed by atoms with E-state index in [1.165, 1.54) is 0 Å². The zero-order chi connectivity index (χ0) is 23.8. The summed E-state index contributed by atoms with van der Waals surface area (Å²) in [6.07, 6.45) is 0.833. The van der Waals surface area contributed by atoms with Crippen molar-refractivity contribution in [2.75, 3.05) is 13.1 Å². The summed E-state index contributed by atoms with van der Waals surface area (Å²) in [5.74, 6) is 3.12. The number of halogens is 2. The molecule has 0 N–H and O–H groups in total. The van der Waals surface area contributed by atoms with Gasteiger partial charge in [-0.3, -0.25) is 0 Å². The van der Waals surface area contributed by atoms with Gasteiger partial charge in [0.05, 0.1) is 0 Å². The van der Waals surface area contributed by atoms with Crippen molar-refractivity contribution < 1.29 is 26.5 Å². The Kier molecular flexibility index (Phi) is 11.7. The third kappa shape index (κ3) is 8.96. The van der Waals surface area contributed by atoms with E-state index >= 15 is 0 Å². The molecule has 174 valence electrons. The molecule has 0 atom stereocenters. The van der Waals surface area contributed by atoms with Gasteiger partial charge in [0, 0.05) is 0 Å². The Hall–Kier alpha value is -2.63. The molecule has 4 rings (SSSR count). The molecule has 0 aromatic heterocycles. The van der Waals surface area contributed by atoms with Crippen LogP contribution in [0.15, 0.2) is 109 Å². The minimum atomic E-state index is -0.556. The summed E-state index contributed by atoms with van der Waals surface area (Å²) < 4.78 is 11.9. The maximum Gasteiger partial charge on any atom is 0.127 e. The summed E-state index contributed by atoms with van der Waals surface area (Å²) in [4.78, 5) is 0. The SMILES string of the molecule is [Cl][Ti][Cl].c1ccc(Oc2ccccc2[N-]CCC[N-]c2ccccc2Oc2ccccc2)cc1. The molecule has 0 saturated heterocycles. The van der Waals surface area contributed by atoms with E-state index in [2.05, 4.69) is 0 Å². The summed E-state index contributed by atoms with van der Waals surface area (Å²) in [5, 5.41) is 9.41. The molecule has 0 aliphatic rings. The van der Waals surface area contributed by atoms with Crippen LogP contribution in [0.3, 0.4) is 0 Å². The summed E-state index contributed by atoms with van der Waals surface area (Å²) >= 11 is -0.556. The van der Waals surface area contributed by atoms with Gasteiger partial charge in [-0.2, -0.15) is 0 Å². The van der Waals surface area contributed by atoms with E-state index in [1.807, 2.05) is 109 Å². The molecule has 34 heavy (non-hydrogen) atoms. The molecule has 0 saturated carbocycles. The molecule has 0 radical (unpaired) electrons. The molecule has 4 aromatic rings. The van der Waals surface area contributed by atoms with Crippen molar-refractivity contribution in [2.45, 2.75) is 6.42 Å². The molecular formula is C27H24Cl2N2O2Ti-2. The van der Waals surface area contributed by atoms with Gasteiger partial charge in [-0.05, 0) is 36.4 Å². The topological polar surface area (TPSA) is 46.7 Å². The quantitative estimate of drug-likeness (QED) is 0.152. The van der Waals surface area contributed by atoms with Crippen molar-refractivity contribution in [3.63, 3.8) is 0 Å². The van der Waals surface area contributed by atoms with Gasteiger partial charge < -0.3 is 20.1 Å². The standard InChI is InChI=1S/C27H24N2O2.2ClH.Ti/c1-3-12-22(13-4-1)30-26-18-9-7-16-24(26)28-20-11-21-29-25-17-8-10-19-27(25)31-23-14-5-2-6-15-23;;;/h1-10,12-19H,11,20-21H2;2*1H;/q-2;;;+2/p-2. The van der Waals surface area contributed by atoms with Gasteiger partial charge in [-0.25, -0.2) is 0 Å². The minimum Gasteiger partial charge on any atom is -0.681 e. The molecule has 0 amide bonds. The van der Waals surface area contributed by atoms with Gasteiger partial charge in [0.25, 0.3) is 0 Å². The van der Waals surface area contributed by atoms with Crippen LogP contribution in [0.25, 0.3) is 10.6 Å². The zero-order valence-corrected chi connectivity index (χ0v) is 21.6. The van der Waals surface area contributed by atoms with Gasteiger partial charge in [-0.1, -0.05) is 90.6 Å². The molecule has 0 aliphatic carbocycles. The second kappa shape index (κ2) is 15.3. The third-order valence-electron chi connectivity index (χ3n) is 4.55. The molecule has 4 aromatic carbocycles. The van der Waals surface area contributed by atoms with E-state index < -0.39 is 17.0 Å². The fourth-order valence-corrected chi connectivity index (χ4v) is 3.05. The fraction of sp³-hybridized carbons (Fsp3) is 0.111. The van der Waals surface area contributed by atoms with Gasteiger partial charge in [0.15, 0.2) is 0 Å². The van der Waals surface area contributed by atoms with Gasteiger partial charge in [-0.15, -0.1) is 13.1 Å². The summed E-state index contributed by atoms with van der Waals surface area (Å²) in [6, 6.07) is 35.2. The molecular weight excluding hydrogens is 503 g/mol. The van der Waals surface area contributed by atoms with E-state index in [9.17, 15) is 0 Å². The van der Waals surface area contributed by atoms with Crippen LogP contribution in [0.1, 0.15) is 6.42 Å². The Morgan fingerprint density at radius 1 is 0.529 bits per heavy atom. The van der Waals surface area contributed by atoms with Crippen LogP contribution in [0.5, 0.6) is 23.0 Å². The van der Waals surface area contributed by atoms with E-state index in [4.69, 9.17) is 38.7 Å². The van der Waals surface area contributed by atoms with E-state index in [0.717, 1.165) is 40.8 Å². The van der Waals surface area contributed by atoms with Crippen molar-refractivity contribution >= 4 is 30.0 Å². The van der Waals surface area contributed by atoms with Crippen LogP contribution >= 0.6 is 18.6 Å². The Labute approximate surface area is 217 Å². The van der Waals surface area contributed by atoms with Gasteiger partial charge in [0.1, 0.15) is 23.0 Å². The van der Waals surface area contributed by atoms with Crippen LogP contribution < -0.4 is 9.47 Å². The predicted octanol–water partition coefficient (Wildman–Crippen LogP) is 9.75. The fourth-order valence-electron chi connectivity index (χ4n) is 3.05. The molecule has 0 aliphatic heterocycles. The second-order valence-electron chi connectivity index (χ2n) is 6.95. The first-order valence-electron chi connectivity index (χ1n) is 10.8. The molecule has 7 heteroatoms. The van der Waals surface area contributed by atoms with Crippen LogP contribution in [0, 0.1) is 0 Å². The monoisotopic (exact) mass is 526 g/mol. The smallest absolute Gasteiger partial charge is 0.127 e. The number of hydrogen-bond acceptors (Lipinski definition) is 2. The minimum absolute atomic E-state index is 0.556. The molecule has 0 unspecified atom stereocenters. The number of hydrogen-bond donors (Lipinski definition) is 0. The Morgan fingerprint density at radius 3 is 1.29 bits per heavy atom. The van der Waals surface area contributed by atoms with Crippen LogP contribution in [-0.2, 0) is 17.0 Å². The summed E-state index contributed by atoms with van der Waals surface area (Å²) in [7, 11) is 9.78. The Balaban J connectivity index is 0.00000103. The molecule has 0 spiro atoms. The first kappa shape index (κ1) is 26.0. The predicted molar refractivity (Wildman–Crippen MR) is 138 cm³/mol. The number of benzene rings is 4. The average molecular weight is 527 g/mol. The average Bonchev–Trinajstić information content (AvgIpc) is 2.87. The molecule has 4 nitrogen and oxygen atoms in total. The number of para-hydroxylation sites is 6. The van der Waals surface area contributed by atoms with Crippen molar-refractivity contribution in [1.29, 1.82) is 0 Å². The number of nitrogens with zero attached hydrogens (tertiary/aromatic N) is 2. The normalized spacial score (nSPS) is 9.82. The zero-order valence-electron chi connectivity index (χ0n) is 18.5. The Bertz CT molecular complexity index is 1010. The van der Waals surface area contributed by atoms with E-state index in [1.54, 1.807) is 0 Å². The van der Waals surface area contributed by atoms with Crippen molar-refractivity contribution in [2.24, 2.45) is 0 Å². The van der Waals surface area contributed by atoms with E-state index in [-0.39, 0.29) is 0 Å². The number of ether oxygens (including phenoxy) is 2. The maximum atomic E-state index is 5.97. The summed E-state index contributed by atoms with van der Waals surface area (Å²) in [5.41, 5.74) is 1.69. The van der Waals surface area contributed by atoms with Gasteiger partial charge in [0.2, 0.25) is 0 Å². The van der Waals surface area contributed by atoms with Crippen molar-refractivity contribution in [3.8, 4) is 23.0 Å². The second-order valence-corrected chi connectivity index (χ2v) is 9.53. The van der Waals surface area contributed by atoms with Gasteiger partial charge >= 0.3 is 35.6 Å². The van der Waals surface area contributed by atoms with Crippen molar-refractivity contribution in [3.05, 3.63) is 120 Å². The number of rotatable bonds is 10. The first-order chi connectivity index (χ1) is 16.8. The Morgan fingerprint density at radius 2 is 0.882 bits per heavy atom. The maximum absolute atomic E-state index is 5.97. The van der Waals surface area contributed by atoms with Crippen LogP contribution in [0.4, 0.5) is 11.4 Å².